The van der Waals surface area contributed by atoms with Gasteiger partial charge < -0.3 is 10.1 Å². The molecule has 1 amide bonds. The smallest absolute Gasteiger partial charge is 0.258 e. The second-order valence-corrected chi connectivity index (χ2v) is 8.35. The van der Waals surface area contributed by atoms with E-state index in [2.05, 4.69) is 5.32 Å². The lowest BCUT2D eigenvalue weighted by atomic mass is 9.53. The predicted octanol–water partition coefficient (Wildman–Crippen LogP) is 4.11. The molecular formula is C19H24ClNO2. The Morgan fingerprint density at radius 1 is 1.22 bits per heavy atom. The summed E-state index contributed by atoms with van der Waals surface area (Å²) in [5, 5.41) is 4.05. The van der Waals surface area contributed by atoms with E-state index < -0.39 is 0 Å². The summed E-state index contributed by atoms with van der Waals surface area (Å²) in [6.45, 7) is 2.02. The molecule has 0 radical (unpaired) electrons. The van der Waals surface area contributed by atoms with Gasteiger partial charge in [0.1, 0.15) is 5.75 Å². The first-order valence-electron chi connectivity index (χ1n) is 8.71. The van der Waals surface area contributed by atoms with E-state index in [4.69, 9.17) is 16.3 Å². The van der Waals surface area contributed by atoms with Crippen LogP contribution in [0.3, 0.4) is 0 Å². The fraction of sp³-hybridized carbons (Fsp3) is 0.632. The average molecular weight is 334 g/mol. The minimum absolute atomic E-state index is 0.0135. The van der Waals surface area contributed by atoms with Crippen LogP contribution in [0.15, 0.2) is 18.2 Å². The van der Waals surface area contributed by atoms with E-state index in [1.54, 1.807) is 0 Å². The highest BCUT2D eigenvalue weighted by Gasteiger charge is 2.51. The van der Waals surface area contributed by atoms with Gasteiger partial charge in [0.2, 0.25) is 0 Å². The molecule has 0 aliphatic heterocycles. The van der Waals surface area contributed by atoms with Crippen molar-refractivity contribution in [2.45, 2.75) is 51.0 Å². The molecule has 4 aliphatic rings. The Balaban J connectivity index is 1.36. The minimum Gasteiger partial charge on any atom is -0.484 e. The van der Waals surface area contributed by atoms with Crippen LogP contribution in [-0.2, 0) is 4.79 Å². The predicted molar refractivity (Wildman–Crippen MR) is 90.7 cm³/mol. The van der Waals surface area contributed by atoms with E-state index in [0.717, 1.165) is 28.3 Å². The Morgan fingerprint density at radius 3 is 2.39 bits per heavy atom. The Kier molecular flexibility index (Phi) is 3.79. The quantitative estimate of drug-likeness (QED) is 0.900. The number of carbonyl (C=O) groups excluding carboxylic acids is 1. The number of hydrogen-bond donors (Lipinski definition) is 1. The van der Waals surface area contributed by atoms with E-state index in [1.165, 1.54) is 38.5 Å². The van der Waals surface area contributed by atoms with E-state index in [-0.39, 0.29) is 18.1 Å². The molecule has 0 aromatic heterocycles. The van der Waals surface area contributed by atoms with Crippen LogP contribution < -0.4 is 10.1 Å². The summed E-state index contributed by atoms with van der Waals surface area (Å²) in [6.07, 6.45) is 7.67. The number of nitrogens with one attached hydrogen (secondary N) is 1. The van der Waals surface area contributed by atoms with E-state index in [1.807, 2.05) is 25.1 Å². The fourth-order valence-corrected chi connectivity index (χ4v) is 5.57. The maximum absolute atomic E-state index is 12.4. The van der Waals surface area contributed by atoms with Crippen molar-refractivity contribution in [1.29, 1.82) is 0 Å². The zero-order valence-electron chi connectivity index (χ0n) is 13.6. The van der Waals surface area contributed by atoms with Crippen LogP contribution >= 0.6 is 11.6 Å². The average Bonchev–Trinajstić information content (AvgIpc) is 2.46. The lowest BCUT2D eigenvalue weighted by molar-refractivity contribution is -0.128. The Labute approximate surface area is 142 Å². The first-order chi connectivity index (χ1) is 11.0. The van der Waals surface area contributed by atoms with Gasteiger partial charge in [0.15, 0.2) is 6.61 Å². The van der Waals surface area contributed by atoms with Crippen LogP contribution in [0.2, 0.25) is 5.02 Å². The van der Waals surface area contributed by atoms with Gasteiger partial charge in [0.05, 0.1) is 0 Å². The van der Waals surface area contributed by atoms with Gasteiger partial charge in [-0.15, -0.1) is 0 Å². The molecular weight excluding hydrogens is 310 g/mol. The number of halogens is 1. The van der Waals surface area contributed by atoms with Crippen molar-refractivity contribution < 1.29 is 9.53 Å². The lowest BCUT2D eigenvalue weighted by Gasteiger charge is -2.56. The van der Waals surface area contributed by atoms with Gasteiger partial charge in [-0.3, -0.25) is 4.79 Å². The number of rotatable bonds is 4. The van der Waals surface area contributed by atoms with Crippen LogP contribution in [0, 0.1) is 24.7 Å². The van der Waals surface area contributed by atoms with Crippen molar-refractivity contribution in [1.82, 2.24) is 5.32 Å². The Hall–Kier alpha value is -1.22. The topological polar surface area (TPSA) is 38.3 Å². The zero-order chi connectivity index (χ0) is 16.0. The highest BCUT2D eigenvalue weighted by atomic mass is 35.5. The van der Waals surface area contributed by atoms with Crippen molar-refractivity contribution in [3.8, 4) is 5.75 Å². The highest BCUT2D eigenvalue weighted by Crippen LogP contribution is 2.55. The summed E-state index contributed by atoms with van der Waals surface area (Å²) in [7, 11) is 0. The van der Waals surface area contributed by atoms with Gasteiger partial charge in [0.25, 0.3) is 5.91 Å². The molecule has 3 nitrogen and oxygen atoms in total. The summed E-state index contributed by atoms with van der Waals surface area (Å²) < 4.78 is 5.65. The molecule has 0 heterocycles. The molecule has 4 saturated carbocycles. The molecule has 4 fully saturated rings. The molecule has 0 saturated heterocycles. The molecule has 124 valence electrons. The lowest BCUT2D eigenvalue weighted by Crippen LogP contribution is -2.60. The standard InChI is InChI=1S/C19H24ClNO2/c1-12-4-16(2-3-17(12)20)23-11-18(22)21-19-8-13-5-14(9-19)7-15(6-13)10-19/h2-4,13-15H,5-11H2,1H3,(H,21,22). The largest absolute Gasteiger partial charge is 0.484 e. The van der Waals surface area contributed by atoms with Crippen LogP contribution in [-0.4, -0.2) is 18.1 Å². The third-order valence-corrected chi connectivity index (χ3v) is 6.37. The number of carbonyl (C=O) groups is 1. The molecule has 4 bridgehead atoms. The molecule has 1 aromatic rings. The minimum atomic E-state index is 0.0135. The van der Waals surface area contributed by atoms with Crippen LogP contribution in [0.5, 0.6) is 5.75 Å². The zero-order valence-corrected chi connectivity index (χ0v) is 14.4. The molecule has 5 rings (SSSR count). The van der Waals surface area contributed by atoms with E-state index >= 15 is 0 Å². The molecule has 23 heavy (non-hydrogen) atoms. The van der Waals surface area contributed by atoms with Crippen molar-refractivity contribution in [2.75, 3.05) is 6.61 Å². The summed E-state index contributed by atoms with van der Waals surface area (Å²) >= 11 is 6.01. The first-order valence-corrected chi connectivity index (χ1v) is 9.09. The molecule has 0 unspecified atom stereocenters. The monoisotopic (exact) mass is 333 g/mol. The summed E-state index contributed by atoms with van der Waals surface area (Å²) in [5.74, 6) is 3.22. The van der Waals surface area contributed by atoms with Gasteiger partial charge in [-0.05, 0) is 87.0 Å². The maximum Gasteiger partial charge on any atom is 0.258 e. The van der Waals surface area contributed by atoms with Gasteiger partial charge in [-0.1, -0.05) is 11.6 Å². The third-order valence-electron chi connectivity index (χ3n) is 5.94. The number of amides is 1. The van der Waals surface area contributed by atoms with Crippen molar-refractivity contribution >= 4 is 17.5 Å². The highest BCUT2D eigenvalue weighted by molar-refractivity contribution is 6.31. The molecule has 0 atom stereocenters. The normalized spacial score (nSPS) is 34.4. The fourth-order valence-electron chi connectivity index (χ4n) is 5.45. The summed E-state index contributed by atoms with van der Waals surface area (Å²) in [4.78, 5) is 12.4. The molecule has 0 spiro atoms. The molecule has 4 aliphatic carbocycles. The molecule has 1 aromatic carbocycles. The SMILES string of the molecule is Cc1cc(OCC(=O)NC23CC4CC(CC(C4)C2)C3)ccc1Cl. The van der Waals surface area contributed by atoms with Gasteiger partial charge in [0, 0.05) is 10.6 Å². The van der Waals surface area contributed by atoms with Crippen LogP contribution in [0.1, 0.15) is 44.1 Å². The van der Waals surface area contributed by atoms with Gasteiger partial charge >= 0.3 is 0 Å². The van der Waals surface area contributed by atoms with Crippen LogP contribution in [0.25, 0.3) is 0 Å². The second-order valence-electron chi connectivity index (χ2n) is 7.95. The maximum atomic E-state index is 12.4. The van der Waals surface area contributed by atoms with Gasteiger partial charge in [-0.25, -0.2) is 0 Å². The number of aryl methyl sites for hydroxylation is 1. The number of ether oxygens (including phenoxy) is 1. The Morgan fingerprint density at radius 2 is 1.83 bits per heavy atom. The van der Waals surface area contributed by atoms with Crippen molar-refractivity contribution in [2.24, 2.45) is 17.8 Å². The van der Waals surface area contributed by atoms with E-state index in [0.29, 0.717) is 5.75 Å². The number of hydrogen-bond acceptors (Lipinski definition) is 2. The van der Waals surface area contributed by atoms with Gasteiger partial charge in [-0.2, -0.15) is 0 Å². The van der Waals surface area contributed by atoms with E-state index in [9.17, 15) is 4.79 Å². The molecule has 4 heteroatoms. The van der Waals surface area contributed by atoms with Crippen molar-refractivity contribution in [3.05, 3.63) is 28.8 Å². The summed E-state index contributed by atoms with van der Waals surface area (Å²) in [5.41, 5.74) is 1.02. The van der Waals surface area contributed by atoms with Crippen LogP contribution in [0.4, 0.5) is 0 Å². The number of benzene rings is 1. The Bertz CT molecular complexity index is 593. The summed E-state index contributed by atoms with van der Waals surface area (Å²) in [6, 6.07) is 5.50. The second kappa shape index (κ2) is 5.70. The first kappa shape index (κ1) is 15.3. The molecule has 1 N–H and O–H groups in total. The van der Waals surface area contributed by atoms with Crippen molar-refractivity contribution in [3.63, 3.8) is 0 Å². The third kappa shape index (κ3) is 3.08.